The Hall–Kier alpha value is -3.50. The monoisotopic (exact) mass is 667 g/mol. The van der Waals surface area contributed by atoms with Crippen molar-refractivity contribution in [3.05, 3.63) is 47.4 Å². The maximum atomic E-state index is 13.7. The molecule has 6 N–H and O–H groups in total. The first-order chi connectivity index (χ1) is 21.3. The maximum absolute atomic E-state index is 13.7. The van der Waals surface area contributed by atoms with Crippen molar-refractivity contribution in [1.82, 2.24) is 9.97 Å². The first-order valence-electron chi connectivity index (χ1n) is 14.9. The Labute approximate surface area is 269 Å². The fourth-order valence-corrected chi connectivity index (χ4v) is 5.00. The Kier molecular flexibility index (Phi) is 14.2. The van der Waals surface area contributed by atoms with E-state index in [1.54, 1.807) is 38.1 Å². The number of carbonyl (C=O) groups is 2. The molecule has 2 heterocycles. The van der Waals surface area contributed by atoms with Crippen molar-refractivity contribution in [2.24, 2.45) is 11.5 Å². The first kappa shape index (κ1) is 38.7. The van der Waals surface area contributed by atoms with Gasteiger partial charge in [-0.3, -0.25) is 9.59 Å². The van der Waals surface area contributed by atoms with E-state index in [0.29, 0.717) is 41.9 Å². The predicted octanol–water partition coefficient (Wildman–Crippen LogP) is 3.73. The van der Waals surface area contributed by atoms with Crippen molar-refractivity contribution in [3.63, 3.8) is 0 Å². The molecule has 1 saturated heterocycles. The summed E-state index contributed by atoms with van der Waals surface area (Å²) < 4.78 is 50.8. The van der Waals surface area contributed by atoms with Crippen molar-refractivity contribution in [3.8, 4) is 11.3 Å². The van der Waals surface area contributed by atoms with Gasteiger partial charge in [0.2, 0.25) is 16.0 Å². The van der Waals surface area contributed by atoms with E-state index in [-0.39, 0.29) is 18.3 Å². The number of hydrogen-bond donors (Lipinski definition) is 4. The molecule has 3 atom stereocenters. The fourth-order valence-electron chi connectivity index (χ4n) is 4.62. The lowest BCUT2D eigenvalue weighted by atomic mass is 9.97. The summed E-state index contributed by atoms with van der Waals surface area (Å²) in [6.45, 7) is 7.91. The molecule has 46 heavy (non-hydrogen) atoms. The van der Waals surface area contributed by atoms with Gasteiger partial charge >= 0.3 is 11.9 Å². The molecule has 0 spiro atoms. The van der Waals surface area contributed by atoms with Crippen LogP contribution >= 0.6 is 0 Å². The minimum Gasteiger partial charge on any atom is -0.481 e. The lowest BCUT2D eigenvalue weighted by Gasteiger charge is -2.39. The highest BCUT2D eigenvalue weighted by atomic mass is 32.2. The first-order valence-corrected chi connectivity index (χ1v) is 16.7. The average Bonchev–Trinajstić information content (AvgIpc) is 2.94. The number of nitrogens with zero attached hydrogens (tertiary/aromatic N) is 3. The molecule has 1 aromatic carbocycles. The number of rotatable bonds is 13. The van der Waals surface area contributed by atoms with E-state index >= 15 is 0 Å². The van der Waals surface area contributed by atoms with Gasteiger partial charge in [-0.25, -0.2) is 27.1 Å². The molecule has 1 fully saturated rings. The minimum atomic E-state index is -3.63. The Bertz CT molecular complexity index is 1470. The van der Waals surface area contributed by atoms with E-state index in [1.807, 2.05) is 13.8 Å². The van der Waals surface area contributed by atoms with Gasteiger partial charge in [-0.05, 0) is 63.4 Å². The van der Waals surface area contributed by atoms with Crippen LogP contribution < -0.4 is 15.8 Å². The van der Waals surface area contributed by atoms with Crippen LogP contribution in [0.25, 0.3) is 17.3 Å². The maximum Gasteiger partial charge on any atom is 0.320 e. The molecular weight excluding hydrogens is 621 g/mol. The summed E-state index contributed by atoms with van der Waals surface area (Å²) >= 11 is 0. The number of hydrogen-bond acceptors (Lipinski definition) is 10. The second kappa shape index (κ2) is 16.9. The number of sulfonamides is 1. The van der Waals surface area contributed by atoms with Crippen LogP contribution in [0.2, 0.25) is 0 Å². The molecule has 1 aliphatic heterocycles. The molecule has 256 valence electrons. The number of anilines is 1. The summed E-state index contributed by atoms with van der Waals surface area (Å²) in [6, 6.07) is 5.04. The van der Waals surface area contributed by atoms with Crippen molar-refractivity contribution >= 4 is 34.0 Å². The summed E-state index contributed by atoms with van der Waals surface area (Å²) in [4.78, 5) is 30.5. The van der Waals surface area contributed by atoms with Crippen molar-refractivity contribution < 1.29 is 42.1 Å². The molecule has 0 saturated carbocycles. The van der Waals surface area contributed by atoms with Crippen LogP contribution in [0.3, 0.4) is 0 Å². The van der Waals surface area contributed by atoms with Gasteiger partial charge in [0.25, 0.3) is 0 Å². The molecule has 0 amide bonds. The zero-order valence-electron chi connectivity index (χ0n) is 27.1. The highest BCUT2D eigenvalue weighted by Crippen LogP contribution is 2.33. The third-order valence-corrected chi connectivity index (χ3v) is 8.11. The molecule has 15 heteroatoms. The predicted molar refractivity (Wildman–Crippen MR) is 173 cm³/mol. The number of carboxylic acids is 2. The Morgan fingerprint density at radius 3 is 2.30 bits per heavy atom. The van der Waals surface area contributed by atoms with E-state index in [2.05, 4.69) is 9.97 Å². The quantitative estimate of drug-likeness (QED) is 0.225. The highest BCUT2D eigenvalue weighted by molar-refractivity contribution is 7.92. The minimum absolute atomic E-state index is 0.00245. The molecule has 0 radical (unpaired) electrons. The number of benzene rings is 1. The van der Waals surface area contributed by atoms with Gasteiger partial charge in [0.05, 0.1) is 36.3 Å². The van der Waals surface area contributed by atoms with E-state index in [1.165, 1.54) is 19.2 Å². The van der Waals surface area contributed by atoms with Crippen LogP contribution in [-0.4, -0.2) is 84.4 Å². The van der Waals surface area contributed by atoms with E-state index in [9.17, 15) is 27.5 Å². The molecule has 13 nitrogen and oxygen atoms in total. The number of unbranched alkanes of at least 4 members (excludes halogenated alkanes) is 1. The van der Waals surface area contributed by atoms with Gasteiger partial charge in [-0.1, -0.05) is 32.4 Å². The summed E-state index contributed by atoms with van der Waals surface area (Å²) in [5.74, 6) is -3.39. The lowest BCUT2D eigenvalue weighted by molar-refractivity contribution is -0.290. The smallest absolute Gasteiger partial charge is 0.320 e. The van der Waals surface area contributed by atoms with E-state index in [4.69, 9.17) is 26.0 Å². The van der Waals surface area contributed by atoms with Gasteiger partial charge in [0, 0.05) is 24.6 Å². The van der Waals surface area contributed by atoms with Crippen LogP contribution in [0.4, 0.5) is 10.3 Å². The molecule has 3 rings (SSSR count). The highest BCUT2D eigenvalue weighted by Gasteiger charge is 2.35. The number of ether oxygens (including phenoxy) is 2. The topological polar surface area (TPSA) is 208 Å². The number of halogens is 1. The van der Waals surface area contributed by atoms with Crippen molar-refractivity contribution in [1.29, 1.82) is 0 Å². The zero-order chi connectivity index (χ0) is 34.8. The zero-order valence-corrected chi connectivity index (χ0v) is 28.0. The van der Waals surface area contributed by atoms with Crippen molar-refractivity contribution in [2.45, 2.75) is 89.8 Å². The average molecular weight is 668 g/mol. The van der Waals surface area contributed by atoms with Crippen molar-refractivity contribution in [2.75, 3.05) is 24.2 Å². The van der Waals surface area contributed by atoms with Crippen LogP contribution in [0.15, 0.2) is 30.3 Å². The summed E-state index contributed by atoms with van der Waals surface area (Å²) in [7, 11) is -2.25. The number of nitrogens with two attached hydrogens (primary N) is 2. The SMILES string of the molecule is CC(C)c1nc(N(C)S(C)(=O)=O)nc(-c2ccc(F)cc2)c1/C=C/[C@@H]1C[C@H](CC(=O)O)OC(C)(C)O1.NCCCC[C@H](N)C(=O)O. The number of aromatic nitrogens is 2. The van der Waals surface area contributed by atoms with Crippen LogP contribution in [0.5, 0.6) is 0 Å². The van der Waals surface area contributed by atoms with E-state index in [0.717, 1.165) is 23.4 Å². The third-order valence-electron chi connectivity index (χ3n) is 6.95. The van der Waals surface area contributed by atoms with Crippen LogP contribution in [0, 0.1) is 5.82 Å². The molecule has 2 aromatic rings. The molecular formula is C31H46FN5O8S. The summed E-state index contributed by atoms with van der Waals surface area (Å²) in [6.07, 6.45) is 6.04. The standard InChI is InChI=1S/C25H32FN3O6S.C6H14N2O2/c1-15(2)22-20(12-11-18-13-19(14-21(30)31)35-25(3,4)34-18)23(16-7-9-17(26)10-8-16)28-24(27-22)29(5)36(6,32)33;7-4-2-1-3-5(8)6(9)10/h7-12,15,18-19H,13-14H2,1-6H3,(H,30,31);5H,1-4,7-8H2,(H,9,10)/b12-11+;/t18-,19-;5-/m10/s1. The molecule has 0 bridgehead atoms. The van der Waals surface area contributed by atoms with Gasteiger partial charge in [-0.2, -0.15) is 0 Å². The van der Waals surface area contributed by atoms with Gasteiger partial charge in [0.1, 0.15) is 11.9 Å². The third kappa shape index (κ3) is 12.0. The lowest BCUT2D eigenvalue weighted by Crippen LogP contribution is -2.44. The molecule has 1 aromatic heterocycles. The fraction of sp³-hybridized carbons (Fsp3) is 0.548. The number of carboxylic acid groups (broad SMARTS) is 2. The summed E-state index contributed by atoms with van der Waals surface area (Å²) in [5, 5.41) is 17.5. The largest absolute Gasteiger partial charge is 0.481 e. The second-order valence-electron chi connectivity index (χ2n) is 11.8. The Balaban J connectivity index is 0.000000634. The molecule has 0 unspecified atom stereocenters. The molecule has 0 aliphatic carbocycles. The van der Waals surface area contributed by atoms with Crippen LogP contribution in [-0.2, 0) is 29.1 Å². The Morgan fingerprint density at radius 1 is 1.15 bits per heavy atom. The molecule has 1 aliphatic rings. The second-order valence-corrected chi connectivity index (χ2v) is 13.8. The Morgan fingerprint density at radius 2 is 1.78 bits per heavy atom. The van der Waals surface area contributed by atoms with E-state index < -0.39 is 51.8 Å². The van der Waals surface area contributed by atoms with Gasteiger partial charge in [0.15, 0.2) is 5.79 Å². The summed E-state index contributed by atoms with van der Waals surface area (Å²) in [5.41, 5.74) is 12.7. The number of aliphatic carboxylic acids is 2. The van der Waals surface area contributed by atoms with Gasteiger partial charge in [-0.15, -0.1) is 0 Å². The normalized spacial score (nSPS) is 18.6. The van der Waals surface area contributed by atoms with Crippen LogP contribution in [0.1, 0.15) is 77.0 Å². The van der Waals surface area contributed by atoms with Gasteiger partial charge < -0.3 is 31.2 Å².